The molecule has 2 fully saturated rings. The van der Waals surface area contributed by atoms with Crippen molar-refractivity contribution in [2.75, 3.05) is 18.0 Å². The first kappa shape index (κ1) is 14.8. The summed E-state index contributed by atoms with van der Waals surface area (Å²) in [6.45, 7) is 7.98. The second-order valence-electron chi connectivity index (χ2n) is 6.87. The van der Waals surface area contributed by atoms with Crippen LogP contribution >= 0.6 is 0 Å². The highest BCUT2D eigenvalue weighted by Crippen LogP contribution is 2.38. The Morgan fingerprint density at radius 3 is 2.43 bits per heavy atom. The summed E-state index contributed by atoms with van der Waals surface area (Å²) >= 11 is 0. The molecule has 0 amide bonds. The van der Waals surface area contributed by atoms with Gasteiger partial charge in [-0.1, -0.05) is 32.8 Å². The van der Waals surface area contributed by atoms with E-state index in [-0.39, 0.29) is 0 Å². The van der Waals surface area contributed by atoms with Crippen molar-refractivity contribution in [3.8, 4) is 0 Å². The van der Waals surface area contributed by atoms with Crippen molar-refractivity contribution < 1.29 is 0 Å². The van der Waals surface area contributed by atoms with E-state index in [1.165, 1.54) is 44.1 Å². The van der Waals surface area contributed by atoms with Gasteiger partial charge in [-0.3, -0.25) is 0 Å². The lowest BCUT2D eigenvalue weighted by Gasteiger charge is -2.41. The molecule has 0 bridgehead atoms. The molecule has 116 valence electrons. The molecule has 1 saturated heterocycles. The molecular formula is C18H29N3. The molecular weight excluding hydrogens is 258 g/mol. The van der Waals surface area contributed by atoms with Gasteiger partial charge in [-0.05, 0) is 42.7 Å². The van der Waals surface area contributed by atoms with Crippen molar-refractivity contribution in [1.29, 1.82) is 0 Å². The lowest BCUT2D eigenvalue weighted by molar-refractivity contribution is 0.199. The molecule has 3 nitrogen and oxygen atoms in total. The van der Waals surface area contributed by atoms with Gasteiger partial charge < -0.3 is 10.2 Å². The van der Waals surface area contributed by atoms with Crippen LogP contribution in [0.1, 0.15) is 57.9 Å². The fourth-order valence-corrected chi connectivity index (χ4v) is 3.43. The van der Waals surface area contributed by atoms with E-state index in [0.29, 0.717) is 5.41 Å². The summed E-state index contributed by atoms with van der Waals surface area (Å²) in [5, 5.41) is 3.54. The number of nitrogens with one attached hydrogen (secondary N) is 1. The SMILES string of the molecule is CCC1(CC)CCN(c2ccc(CNC3CC3)cn2)CC1. The zero-order valence-electron chi connectivity index (χ0n) is 13.6. The molecule has 3 heteroatoms. The normalized spacial score (nSPS) is 21.5. The number of hydrogen-bond donors (Lipinski definition) is 1. The fraction of sp³-hybridized carbons (Fsp3) is 0.722. The average molecular weight is 287 g/mol. The molecule has 1 aromatic rings. The van der Waals surface area contributed by atoms with Gasteiger partial charge in [0.2, 0.25) is 0 Å². The first-order chi connectivity index (χ1) is 10.2. The predicted octanol–water partition coefficient (Wildman–Crippen LogP) is 3.74. The monoisotopic (exact) mass is 287 g/mol. The minimum absolute atomic E-state index is 0.588. The second kappa shape index (κ2) is 6.35. The van der Waals surface area contributed by atoms with Gasteiger partial charge in [0.05, 0.1) is 0 Å². The highest BCUT2D eigenvalue weighted by atomic mass is 15.2. The lowest BCUT2D eigenvalue weighted by Crippen LogP contribution is -2.40. The molecule has 3 rings (SSSR count). The summed E-state index contributed by atoms with van der Waals surface area (Å²) in [5.41, 5.74) is 1.89. The number of pyridine rings is 1. The van der Waals surface area contributed by atoms with E-state index in [9.17, 15) is 0 Å². The summed E-state index contributed by atoms with van der Waals surface area (Å²) in [6.07, 6.45) is 9.99. The molecule has 0 radical (unpaired) electrons. The van der Waals surface area contributed by atoms with Crippen LogP contribution in [-0.4, -0.2) is 24.1 Å². The van der Waals surface area contributed by atoms with Crippen LogP contribution in [0.25, 0.3) is 0 Å². The summed E-state index contributed by atoms with van der Waals surface area (Å²) in [5.74, 6) is 1.16. The van der Waals surface area contributed by atoms with E-state index in [4.69, 9.17) is 0 Å². The van der Waals surface area contributed by atoms with E-state index >= 15 is 0 Å². The molecule has 1 N–H and O–H groups in total. The molecule has 1 aromatic heterocycles. The Morgan fingerprint density at radius 2 is 1.90 bits per heavy atom. The van der Waals surface area contributed by atoms with Crippen LogP contribution in [0.15, 0.2) is 18.3 Å². The van der Waals surface area contributed by atoms with Crippen molar-refractivity contribution in [3.05, 3.63) is 23.9 Å². The van der Waals surface area contributed by atoms with E-state index in [1.54, 1.807) is 0 Å². The van der Waals surface area contributed by atoms with Crippen molar-refractivity contribution in [3.63, 3.8) is 0 Å². The van der Waals surface area contributed by atoms with Gasteiger partial charge in [0.15, 0.2) is 0 Å². The smallest absolute Gasteiger partial charge is 0.128 e. The van der Waals surface area contributed by atoms with Crippen LogP contribution in [0.2, 0.25) is 0 Å². The Balaban J connectivity index is 1.54. The third-order valence-corrected chi connectivity index (χ3v) is 5.63. The van der Waals surface area contributed by atoms with Crippen molar-refractivity contribution >= 4 is 5.82 Å². The topological polar surface area (TPSA) is 28.2 Å². The number of rotatable bonds is 6. The molecule has 0 atom stereocenters. The summed E-state index contributed by atoms with van der Waals surface area (Å²) in [4.78, 5) is 7.15. The number of aromatic nitrogens is 1. The van der Waals surface area contributed by atoms with Gasteiger partial charge in [0, 0.05) is 31.9 Å². The molecule has 1 aliphatic carbocycles. The molecule has 2 aliphatic rings. The molecule has 1 aliphatic heterocycles. The highest BCUT2D eigenvalue weighted by Gasteiger charge is 2.31. The van der Waals surface area contributed by atoms with Gasteiger partial charge in [-0.25, -0.2) is 4.98 Å². The van der Waals surface area contributed by atoms with E-state index < -0.39 is 0 Å². The van der Waals surface area contributed by atoms with Crippen molar-refractivity contribution in [2.45, 2.75) is 65.0 Å². The lowest BCUT2D eigenvalue weighted by atomic mass is 9.74. The molecule has 21 heavy (non-hydrogen) atoms. The van der Waals surface area contributed by atoms with E-state index in [1.807, 2.05) is 6.20 Å². The van der Waals surface area contributed by atoms with Crippen LogP contribution in [0.5, 0.6) is 0 Å². The molecule has 0 aromatic carbocycles. The second-order valence-corrected chi connectivity index (χ2v) is 6.87. The summed E-state index contributed by atoms with van der Waals surface area (Å²) in [6, 6.07) is 5.21. The highest BCUT2D eigenvalue weighted by molar-refractivity contribution is 5.40. The quantitative estimate of drug-likeness (QED) is 0.864. The third-order valence-electron chi connectivity index (χ3n) is 5.63. The van der Waals surface area contributed by atoms with Crippen LogP contribution in [-0.2, 0) is 6.54 Å². The predicted molar refractivity (Wildman–Crippen MR) is 88.6 cm³/mol. The summed E-state index contributed by atoms with van der Waals surface area (Å²) < 4.78 is 0. The zero-order valence-corrected chi connectivity index (χ0v) is 13.6. The fourth-order valence-electron chi connectivity index (χ4n) is 3.43. The standard InChI is InChI=1S/C18H29N3/c1-3-18(4-2)9-11-21(12-10-18)17-8-5-15(14-20-17)13-19-16-6-7-16/h5,8,14,16,19H,3-4,6-7,9-13H2,1-2H3. The minimum Gasteiger partial charge on any atom is -0.357 e. The van der Waals surface area contributed by atoms with Crippen molar-refractivity contribution in [1.82, 2.24) is 10.3 Å². The number of hydrogen-bond acceptors (Lipinski definition) is 3. The number of nitrogens with zero attached hydrogens (tertiary/aromatic N) is 2. The average Bonchev–Trinajstić information content (AvgIpc) is 3.38. The zero-order chi connectivity index (χ0) is 14.7. The maximum Gasteiger partial charge on any atom is 0.128 e. The first-order valence-electron chi connectivity index (χ1n) is 8.68. The Labute approximate surface area is 129 Å². The van der Waals surface area contributed by atoms with Gasteiger partial charge in [0.25, 0.3) is 0 Å². The molecule has 0 spiro atoms. The van der Waals surface area contributed by atoms with Gasteiger partial charge in [-0.15, -0.1) is 0 Å². The molecule has 1 saturated carbocycles. The van der Waals surface area contributed by atoms with Crippen LogP contribution < -0.4 is 10.2 Å². The van der Waals surface area contributed by atoms with Gasteiger partial charge >= 0.3 is 0 Å². The number of anilines is 1. The van der Waals surface area contributed by atoms with E-state index in [2.05, 4.69) is 41.2 Å². The maximum atomic E-state index is 4.69. The largest absolute Gasteiger partial charge is 0.357 e. The molecule has 0 unspecified atom stereocenters. The Bertz CT molecular complexity index is 436. The summed E-state index contributed by atoms with van der Waals surface area (Å²) in [7, 11) is 0. The van der Waals surface area contributed by atoms with E-state index in [0.717, 1.165) is 31.5 Å². The Hall–Kier alpha value is -1.09. The Morgan fingerprint density at radius 1 is 1.19 bits per heavy atom. The van der Waals surface area contributed by atoms with Crippen LogP contribution in [0.4, 0.5) is 5.82 Å². The van der Waals surface area contributed by atoms with Crippen molar-refractivity contribution in [2.24, 2.45) is 5.41 Å². The van der Waals surface area contributed by atoms with Gasteiger partial charge in [-0.2, -0.15) is 0 Å². The number of piperidine rings is 1. The first-order valence-corrected chi connectivity index (χ1v) is 8.68. The van der Waals surface area contributed by atoms with Gasteiger partial charge in [0.1, 0.15) is 5.82 Å². The van der Waals surface area contributed by atoms with Crippen LogP contribution in [0, 0.1) is 5.41 Å². The minimum atomic E-state index is 0.588. The maximum absolute atomic E-state index is 4.69. The Kier molecular flexibility index (Phi) is 4.48. The van der Waals surface area contributed by atoms with Crippen LogP contribution in [0.3, 0.4) is 0 Å². The molecule has 2 heterocycles. The third kappa shape index (κ3) is 3.57.